The number of halogens is 4. The topological polar surface area (TPSA) is 42.0 Å². The van der Waals surface area contributed by atoms with E-state index in [1.54, 1.807) is 0 Å². The largest absolute Gasteiger partial charge is 0.391 e. The molecule has 0 saturated heterocycles. The number of rotatable bonds is 2. The van der Waals surface area contributed by atoms with Crippen molar-refractivity contribution in [2.75, 3.05) is 0 Å². The maximum Gasteiger partial charge on any atom is 0.391 e. The highest BCUT2D eigenvalue weighted by Gasteiger charge is 2.42. The molecule has 1 fully saturated rings. The van der Waals surface area contributed by atoms with Crippen LogP contribution in [-0.2, 0) is 0 Å². The van der Waals surface area contributed by atoms with E-state index in [1.165, 1.54) is 12.3 Å². The first-order chi connectivity index (χ1) is 9.38. The fourth-order valence-corrected chi connectivity index (χ4v) is 2.44. The van der Waals surface area contributed by atoms with Crippen LogP contribution < -0.4 is 5.32 Å². The molecular weight excluding hydrogens is 276 g/mol. The monoisotopic (exact) mass is 290 g/mol. The van der Waals surface area contributed by atoms with Crippen molar-refractivity contribution < 1.29 is 22.4 Å². The summed E-state index contributed by atoms with van der Waals surface area (Å²) in [5.41, 5.74) is -0.200. The molecule has 2 rings (SSSR count). The van der Waals surface area contributed by atoms with Gasteiger partial charge in [-0.1, -0.05) is 6.42 Å². The number of hydrogen-bond donors (Lipinski definition) is 1. The maximum atomic E-state index is 13.4. The van der Waals surface area contributed by atoms with Crippen LogP contribution in [0.2, 0.25) is 0 Å². The Labute approximate surface area is 113 Å². The van der Waals surface area contributed by atoms with Gasteiger partial charge in [0.2, 0.25) is 0 Å². The Hall–Kier alpha value is -1.66. The lowest BCUT2D eigenvalue weighted by atomic mass is 9.85. The summed E-state index contributed by atoms with van der Waals surface area (Å²) < 4.78 is 51.3. The molecule has 1 aromatic rings. The second-order valence-corrected chi connectivity index (χ2v) is 4.93. The summed E-state index contributed by atoms with van der Waals surface area (Å²) in [5.74, 6) is -2.88. The standard InChI is InChI=1S/C13H14F4N2O/c14-11-7-18-5-4-10(11)12(20)19-9-3-1-2-8(6-9)13(15,16)17/h4-5,7-9H,1-3,6H2,(H,19,20). The third-order valence-electron chi connectivity index (χ3n) is 3.49. The lowest BCUT2D eigenvalue weighted by molar-refractivity contribution is -0.183. The molecule has 3 nitrogen and oxygen atoms in total. The van der Waals surface area contributed by atoms with Crippen molar-refractivity contribution in [2.24, 2.45) is 5.92 Å². The second kappa shape index (κ2) is 5.76. The number of alkyl halides is 3. The SMILES string of the molecule is O=C(NC1CCCC(C(F)(F)F)C1)c1ccncc1F. The van der Waals surface area contributed by atoms with Gasteiger partial charge in [-0.3, -0.25) is 9.78 Å². The predicted octanol–water partition coefficient (Wildman–Crippen LogP) is 3.07. The molecule has 7 heteroatoms. The quantitative estimate of drug-likeness (QED) is 0.851. The van der Waals surface area contributed by atoms with Crippen molar-refractivity contribution in [3.05, 3.63) is 29.8 Å². The number of amides is 1. The van der Waals surface area contributed by atoms with Gasteiger partial charge in [-0.25, -0.2) is 4.39 Å². The van der Waals surface area contributed by atoms with Crippen LogP contribution >= 0.6 is 0 Å². The molecule has 0 aliphatic heterocycles. The van der Waals surface area contributed by atoms with Crippen molar-refractivity contribution in [1.82, 2.24) is 10.3 Å². The molecule has 0 bridgehead atoms. The van der Waals surface area contributed by atoms with E-state index in [0.717, 1.165) is 6.20 Å². The third kappa shape index (κ3) is 3.46. The highest BCUT2D eigenvalue weighted by Crippen LogP contribution is 2.37. The number of nitrogens with zero attached hydrogens (tertiary/aromatic N) is 1. The average Bonchev–Trinajstić information content (AvgIpc) is 2.38. The Balaban J connectivity index is 2.00. The van der Waals surface area contributed by atoms with Gasteiger partial charge in [0.25, 0.3) is 5.91 Å². The maximum absolute atomic E-state index is 13.4. The van der Waals surface area contributed by atoms with Crippen LogP contribution in [0.3, 0.4) is 0 Å². The summed E-state index contributed by atoms with van der Waals surface area (Å²) in [6, 6.07) is 0.629. The van der Waals surface area contributed by atoms with Crippen molar-refractivity contribution in [3.63, 3.8) is 0 Å². The van der Waals surface area contributed by atoms with Gasteiger partial charge in [-0.15, -0.1) is 0 Å². The van der Waals surface area contributed by atoms with Crippen LogP contribution in [0.15, 0.2) is 18.5 Å². The molecule has 20 heavy (non-hydrogen) atoms. The molecule has 0 radical (unpaired) electrons. The highest BCUT2D eigenvalue weighted by atomic mass is 19.4. The van der Waals surface area contributed by atoms with Crippen LogP contribution in [0.25, 0.3) is 0 Å². The zero-order valence-corrected chi connectivity index (χ0v) is 10.6. The Kier molecular flexibility index (Phi) is 4.25. The Morgan fingerprint density at radius 1 is 1.35 bits per heavy atom. The van der Waals surface area contributed by atoms with E-state index in [2.05, 4.69) is 10.3 Å². The van der Waals surface area contributed by atoms with Gasteiger partial charge in [-0.2, -0.15) is 13.2 Å². The molecule has 0 spiro atoms. The van der Waals surface area contributed by atoms with E-state index in [0.29, 0.717) is 12.8 Å². The minimum atomic E-state index is -4.24. The second-order valence-electron chi connectivity index (χ2n) is 4.93. The van der Waals surface area contributed by atoms with E-state index in [1.807, 2.05) is 0 Å². The molecule has 1 amide bonds. The highest BCUT2D eigenvalue weighted by molar-refractivity contribution is 5.94. The van der Waals surface area contributed by atoms with Crippen molar-refractivity contribution >= 4 is 5.91 Å². The van der Waals surface area contributed by atoms with Crippen molar-refractivity contribution in [1.29, 1.82) is 0 Å². The predicted molar refractivity (Wildman–Crippen MR) is 63.5 cm³/mol. The molecule has 1 aliphatic carbocycles. The summed E-state index contributed by atoms with van der Waals surface area (Å²) in [4.78, 5) is 15.3. The summed E-state index contributed by atoms with van der Waals surface area (Å²) in [7, 11) is 0. The molecule has 1 saturated carbocycles. The molecular formula is C13H14F4N2O. The van der Waals surface area contributed by atoms with Gasteiger partial charge in [0.1, 0.15) is 0 Å². The average molecular weight is 290 g/mol. The number of carbonyl (C=O) groups is 1. The smallest absolute Gasteiger partial charge is 0.349 e. The molecule has 1 aliphatic rings. The van der Waals surface area contributed by atoms with Crippen LogP contribution in [0, 0.1) is 11.7 Å². The Morgan fingerprint density at radius 2 is 2.10 bits per heavy atom. The summed E-state index contributed by atoms with van der Waals surface area (Å²) >= 11 is 0. The lowest BCUT2D eigenvalue weighted by Gasteiger charge is -2.31. The molecule has 2 atom stereocenters. The third-order valence-corrected chi connectivity index (χ3v) is 3.49. The van der Waals surface area contributed by atoms with Crippen LogP contribution in [-0.4, -0.2) is 23.1 Å². The summed E-state index contributed by atoms with van der Waals surface area (Å²) in [6.07, 6.45) is -1.28. The molecule has 0 aromatic carbocycles. The van der Waals surface area contributed by atoms with Gasteiger partial charge < -0.3 is 5.32 Å². The van der Waals surface area contributed by atoms with Crippen molar-refractivity contribution in [2.45, 2.75) is 37.9 Å². The Bertz CT molecular complexity index is 490. The van der Waals surface area contributed by atoms with Gasteiger partial charge >= 0.3 is 6.18 Å². The van der Waals surface area contributed by atoms with E-state index >= 15 is 0 Å². The van der Waals surface area contributed by atoms with Gasteiger partial charge in [0.15, 0.2) is 5.82 Å². The fraction of sp³-hybridized carbons (Fsp3) is 0.538. The minimum absolute atomic E-state index is 0.0828. The first-order valence-corrected chi connectivity index (χ1v) is 6.35. The molecule has 110 valence electrons. The Morgan fingerprint density at radius 3 is 2.75 bits per heavy atom. The molecule has 1 N–H and O–H groups in total. The van der Waals surface area contributed by atoms with Crippen molar-refractivity contribution in [3.8, 4) is 0 Å². The summed E-state index contributed by atoms with van der Waals surface area (Å²) in [5, 5.41) is 2.47. The van der Waals surface area contributed by atoms with Gasteiger partial charge in [0.05, 0.1) is 17.7 Å². The molecule has 2 unspecified atom stereocenters. The first-order valence-electron chi connectivity index (χ1n) is 6.35. The van der Waals surface area contributed by atoms with Crippen LogP contribution in [0.4, 0.5) is 17.6 Å². The lowest BCUT2D eigenvalue weighted by Crippen LogP contribution is -2.41. The summed E-state index contributed by atoms with van der Waals surface area (Å²) in [6.45, 7) is 0. The fourth-order valence-electron chi connectivity index (χ4n) is 2.44. The number of pyridine rings is 1. The van der Waals surface area contributed by atoms with E-state index in [4.69, 9.17) is 0 Å². The number of hydrogen-bond acceptors (Lipinski definition) is 2. The van der Waals surface area contributed by atoms with Gasteiger partial charge in [0, 0.05) is 12.2 Å². The number of aromatic nitrogens is 1. The van der Waals surface area contributed by atoms with Crippen LogP contribution in [0.1, 0.15) is 36.0 Å². The van der Waals surface area contributed by atoms with Crippen LogP contribution in [0.5, 0.6) is 0 Å². The van der Waals surface area contributed by atoms with Gasteiger partial charge in [-0.05, 0) is 25.3 Å². The zero-order chi connectivity index (χ0) is 14.8. The van der Waals surface area contributed by atoms with E-state index < -0.39 is 29.9 Å². The first kappa shape index (κ1) is 14.7. The molecule has 1 aromatic heterocycles. The van der Waals surface area contributed by atoms with E-state index in [9.17, 15) is 22.4 Å². The zero-order valence-electron chi connectivity index (χ0n) is 10.6. The van der Waals surface area contributed by atoms with E-state index in [-0.39, 0.29) is 18.4 Å². The number of nitrogens with one attached hydrogen (secondary N) is 1. The molecule has 1 heterocycles. The normalized spacial score (nSPS) is 23.4. The number of carbonyl (C=O) groups excluding carboxylic acids is 1. The minimum Gasteiger partial charge on any atom is -0.349 e.